The third-order valence-electron chi connectivity index (χ3n) is 4.58. The summed E-state index contributed by atoms with van der Waals surface area (Å²) in [5.74, 6) is 1.65. The van der Waals surface area contributed by atoms with Crippen LogP contribution in [0.5, 0.6) is 0 Å². The van der Waals surface area contributed by atoms with E-state index in [9.17, 15) is 4.79 Å². The predicted octanol–water partition coefficient (Wildman–Crippen LogP) is 1.46. The van der Waals surface area contributed by atoms with E-state index < -0.39 is 0 Å². The fourth-order valence-corrected chi connectivity index (χ4v) is 3.28. The number of halogens is 1. The summed E-state index contributed by atoms with van der Waals surface area (Å²) in [6.45, 7) is 10.3. The Morgan fingerprint density at radius 3 is 2.50 bits per heavy atom. The van der Waals surface area contributed by atoms with Gasteiger partial charge in [0.25, 0.3) is 0 Å². The van der Waals surface area contributed by atoms with E-state index in [-0.39, 0.29) is 36.4 Å². The Balaban J connectivity index is 0.00000288. The van der Waals surface area contributed by atoms with Crippen LogP contribution in [-0.4, -0.2) is 86.0 Å². The Morgan fingerprint density at radius 1 is 1.25 bits per heavy atom. The monoisotopic (exact) mass is 451 g/mol. The highest BCUT2D eigenvalue weighted by molar-refractivity contribution is 14.0. The number of amides is 1. The molecule has 6 nitrogen and oxygen atoms in total. The lowest BCUT2D eigenvalue weighted by Crippen LogP contribution is -2.44. The van der Waals surface area contributed by atoms with Crippen molar-refractivity contribution in [1.29, 1.82) is 0 Å². The van der Waals surface area contributed by atoms with Crippen molar-refractivity contribution < 1.29 is 4.79 Å². The zero-order valence-corrected chi connectivity index (χ0v) is 18.0. The number of carbonyl (C=O) groups is 1. The minimum atomic E-state index is 0. The van der Waals surface area contributed by atoms with Gasteiger partial charge in [-0.2, -0.15) is 0 Å². The van der Waals surface area contributed by atoms with Gasteiger partial charge in [0.2, 0.25) is 5.91 Å². The number of hydrogen-bond donors (Lipinski definition) is 1. The summed E-state index contributed by atoms with van der Waals surface area (Å²) >= 11 is 0. The Hall–Kier alpha value is -0.570. The van der Waals surface area contributed by atoms with Crippen LogP contribution in [0.15, 0.2) is 4.99 Å². The van der Waals surface area contributed by atoms with E-state index in [1.165, 1.54) is 38.9 Å². The lowest BCUT2D eigenvalue weighted by Gasteiger charge is -2.25. The maximum atomic E-state index is 11.8. The van der Waals surface area contributed by atoms with Crippen LogP contribution in [0.4, 0.5) is 0 Å². The van der Waals surface area contributed by atoms with Crippen molar-refractivity contribution in [2.45, 2.75) is 39.2 Å². The van der Waals surface area contributed by atoms with E-state index in [4.69, 9.17) is 0 Å². The molecule has 0 saturated carbocycles. The first-order valence-electron chi connectivity index (χ1n) is 8.94. The zero-order chi connectivity index (χ0) is 16.8. The summed E-state index contributed by atoms with van der Waals surface area (Å²) < 4.78 is 0. The second kappa shape index (κ2) is 10.4. The van der Waals surface area contributed by atoms with Crippen molar-refractivity contribution in [3.8, 4) is 0 Å². The molecule has 0 aromatic rings. The van der Waals surface area contributed by atoms with Gasteiger partial charge >= 0.3 is 0 Å². The number of aliphatic imine (C=N–C) groups is 1. The molecule has 0 aromatic carbocycles. The first-order valence-corrected chi connectivity index (χ1v) is 8.94. The van der Waals surface area contributed by atoms with Crippen molar-refractivity contribution in [3.05, 3.63) is 0 Å². The molecule has 0 aromatic heterocycles. The molecule has 0 bridgehead atoms. The molecular formula is C17H34IN5O. The van der Waals surface area contributed by atoms with Gasteiger partial charge < -0.3 is 20.0 Å². The van der Waals surface area contributed by atoms with Crippen LogP contribution < -0.4 is 5.32 Å². The summed E-state index contributed by atoms with van der Waals surface area (Å²) in [4.78, 5) is 22.9. The van der Waals surface area contributed by atoms with Crippen molar-refractivity contribution in [1.82, 2.24) is 20.0 Å². The van der Waals surface area contributed by atoms with Gasteiger partial charge in [-0.15, -0.1) is 24.0 Å². The highest BCUT2D eigenvalue weighted by atomic mass is 127. The summed E-state index contributed by atoms with van der Waals surface area (Å²) in [7, 11) is 3.55. The van der Waals surface area contributed by atoms with Crippen molar-refractivity contribution in [2.75, 3.05) is 53.4 Å². The molecule has 1 unspecified atom stereocenters. The highest BCUT2D eigenvalue weighted by Crippen LogP contribution is 2.20. The maximum Gasteiger partial charge on any atom is 0.243 e. The average Bonchev–Trinajstić information content (AvgIpc) is 3.14. The molecule has 7 heteroatoms. The third-order valence-corrected chi connectivity index (χ3v) is 4.58. The standard InChI is InChI=1S/C17H33N5O.HI/c1-14(2)19-17(18-11-16(23)20(3)4)22-10-7-15(13-22)12-21-8-5-6-9-21;/h14-15H,5-13H2,1-4H3,(H,18,19);1H. The molecule has 1 atom stereocenters. The van der Waals surface area contributed by atoms with E-state index >= 15 is 0 Å². The molecule has 1 amide bonds. The molecule has 2 fully saturated rings. The Kier molecular flexibility index (Phi) is 9.33. The molecule has 2 aliphatic rings. The van der Waals surface area contributed by atoms with E-state index in [1.807, 2.05) is 0 Å². The lowest BCUT2D eigenvalue weighted by molar-refractivity contribution is -0.127. The third kappa shape index (κ3) is 6.74. The SMILES string of the molecule is CC(C)NC(=NCC(=O)N(C)C)N1CCC(CN2CCCC2)C1.I. The van der Waals surface area contributed by atoms with E-state index in [0.29, 0.717) is 6.04 Å². The number of nitrogens with zero attached hydrogens (tertiary/aromatic N) is 4. The van der Waals surface area contributed by atoms with Crippen molar-refractivity contribution in [3.63, 3.8) is 0 Å². The second-order valence-electron chi connectivity index (χ2n) is 7.34. The first-order chi connectivity index (χ1) is 11.0. The molecule has 24 heavy (non-hydrogen) atoms. The fraction of sp³-hybridized carbons (Fsp3) is 0.882. The van der Waals surface area contributed by atoms with Crippen LogP contribution in [0.25, 0.3) is 0 Å². The van der Waals surface area contributed by atoms with Gasteiger partial charge in [-0.1, -0.05) is 0 Å². The molecule has 1 N–H and O–H groups in total. The van der Waals surface area contributed by atoms with Crippen LogP contribution in [0, 0.1) is 5.92 Å². The fourth-order valence-electron chi connectivity index (χ4n) is 3.28. The number of likely N-dealkylation sites (N-methyl/N-ethyl adjacent to an activating group) is 1. The number of hydrogen-bond acceptors (Lipinski definition) is 3. The van der Waals surface area contributed by atoms with Gasteiger partial charge in [-0.25, -0.2) is 4.99 Å². The number of likely N-dealkylation sites (tertiary alicyclic amines) is 2. The maximum absolute atomic E-state index is 11.8. The summed E-state index contributed by atoms with van der Waals surface area (Å²) in [5, 5.41) is 3.42. The van der Waals surface area contributed by atoms with Crippen molar-refractivity contribution in [2.24, 2.45) is 10.9 Å². The second-order valence-corrected chi connectivity index (χ2v) is 7.34. The Bertz CT molecular complexity index is 421. The quantitative estimate of drug-likeness (QED) is 0.391. The smallest absolute Gasteiger partial charge is 0.243 e. The van der Waals surface area contributed by atoms with E-state index in [1.54, 1.807) is 19.0 Å². The first kappa shape index (κ1) is 21.5. The van der Waals surface area contributed by atoms with Gasteiger partial charge in [-0.05, 0) is 52.1 Å². The molecular weight excluding hydrogens is 417 g/mol. The normalized spacial score (nSPS) is 22.0. The van der Waals surface area contributed by atoms with Crippen LogP contribution in [0.3, 0.4) is 0 Å². The number of carbonyl (C=O) groups excluding carboxylic acids is 1. The molecule has 2 heterocycles. The Morgan fingerprint density at radius 2 is 1.92 bits per heavy atom. The number of guanidine groups is 1. The molecule has 140 valence electrons. The van der Waals surface area contributed by atoms with E-state index in [2.05, 4.69) is 34.0 Å². The highest BCUT2D eigenvalue weighted by Gasteiger charge is 2.27. The summed E-state index contributed by atoms with van der Waals surface area (Å²) in [6.07, 6.45) is 3.92. The molecule has 2 saturated heterocycles. The average molecular weight is 451 g/mol. The largest absolute Gasteiger partial charge is 0.354 e. The van der Waals surface area contributed by atoms with Crippen LogP contribution in [0.2, 0.25) is 0 Å². The number of nitrogens with one attached hydrogen (secondary N) is 1. The van der Waals surface area contributed by atoms with Crippen LogP contribution in [-0.2, 0) is 4.79 Å². The van der Waals surface area contributed by atoms with Crippen molar-refractivity contribution >= 4 is 35.8 Å². The molecule has 2 rings (SSSR count). The Labute approximate surface area is 164 Å². The topological polar surface area (TPSA) is 51.2 Å². The molecule has 2 aliphatic heterocycles. The van der Waals surface area contributed by atoms with Gasteiger partial charge in [0, 0.05) is 39.8 Å². The minimum Gasteiger partial charge on any atom is -0.354 e. The van der Waals surface area contributed by atoms with Crippen LogP contribution >= 0.6 is 24.0 Å². The lowest BCUT2D eigenvalue weighted by atomic mass is 10.1. The van der Waals surface area contributed by atoms with E-state index in [0.717, 1.165) is 25.0 Å². The number of rotatable bonds is 5. The van der Waals surface area contributed by atoms with Crippen LogP contribution in [0.1, 0.15) is 33.1 Å². The summed E-state index contributed by atoms with van der Waals surface area (Å²) in [6, 6.07) is 0.320. The molecule has 0 spiro atoms. The van der Waals surface area contributed by atoms with Gasteiger partial charge in [0.15, 0.2) is 5.96 Å². The van der Waals surface area contributed by atoms with Gasteiger partial charge in [0.1, 0.15) is 6.54 Å². The summed E-state index contributed by atoms with van der Waals surface area (Å²) in [5.41, 5.74) is 0. The molecule has 0 radical (unpaired) electrons. The zero-order valence-electron chi connectivity index (χ0n) is 15.6. The van der Waals surface area contributed by atoms with Gasteiger partial charge in [-0.3, -0.25) is 4.79 Å². The molecule has 0 aliphatic carbocycles. The van der Waals surface area contributed by atoms with Gasteiger partial charge in [0.05, 0.1) is 0 Å². The predicted molar refractivity (Wildman–Crippen MR) is 110 cm³/mol. The minimum absolute atomic E-state index is 0.